The zero-order valence-corrected chi connectivity index (χ0v) is 17.6. The Morgan fingerprint density at radius 1 is 1.14 bits per heavy atom. The van der Waals surface area contributed by atoms with Gasteiger partial charge in [0, 0.05) is 12.6 Å². The molecule has 0 aliphatic heterocycles. The van der Waals surface area contributed by atoms with Crippen molar-refractivity contribution in [3.8, 4) is 17.1 Å². The number of hydrogen-bond donors (Lipinski definition) is 0. The number of rotatable bonds is 6. The summed E-state index contributed by atoms with van der Waals surface area (Å²) in [6, 6.07) is 15.7. The first-order valence-corrected chi connectivity index (χ1v) is 9.59. The van der Waals surface area contributed by atoms with E-state index in [0.29, 0.717) is 17.5 Å². The van der Waals surface area contributed by atoms with Gasteiger partial charge in [-0.1, -0.05) is 61.8 Å². The molecule has 0 bridgehead atoms. The number of likely N-dealkylation sites (N-methyl/N-ethyl adjacent to an activating group) is 1. The smallest absolute Gasteiger partial charge is 0.260 e. The first kappa shape index (κ1) is 20.6. The van der Waals surface area contributed by atoms with Crippen molar-refractivity contribution in [1.82, 2.24) is 15.0 Å². The number of ether oxygens (including phenoxy) is 1. The predicted octanol–water partition coefficient (Wildman–Crippen LogP) is 4.38. The summed E-state index contributed by atoms with van der Waals surface area (Å²) in [4.78, 5) is 18.3. The van der Waals surface area contributed by atoms with Gasteiger partial charge in [-0.3, -0.25) is 4.79 Å². The van der Waals surface area contributed by atoms with Gasteiger partial charge in [-0.05, 0) is 36.1 Å². The molecule has 0 N–H and O–H groups in total. The van der Waals surface area contributed by atoms with Crippen molar-refractivity contribution >= 4 is 5.91 Å². The summed E-state index contributed by atoms with van der Waals surface area (Å²) in [5.74, 6) is 1.39. The average molecular weight is 393 g/mol. The van der Waals surface area contributed by atoms with Crippen LogP contribution in [0.3, 0.4) is 0 Å². The summed E-state index contributed by atoms with van der Waals surface area (Å²) in [5.41, 5.74) is 3.30. The average Bonchev–Trinajstić information content (AvgIpc) is 3.14. The van der Waals surface area contributed by atoms with Crippen molar-refractivity contribution in [2.75, 3.05) is 13.7 Å². The van der Waals surface area contributed by atoms with Gasteiger partial charge in [-0.25, -0.2) is 0 Å². The van der Waals surface area contributed by atoms with Gasteiger partial charge >= 0.3 is 0 Å². The fraction of sp³-hybridized carbons (Fsp3) is 0.348. The summed E-state index contributed by atoms with van der Waals surface area (Å²) in [6.07, 6.45) is 0. The first-order chi connectivity index (χ1) is 13.7. The zero-order chi connectivity index (χ0) is 21.0. The number of nitrogens with zero attached hydrogens (tertiary/aromatic N) is 3. The van der Waals surface area contributed by atoms with Crippen LogP contribution in [0, 0.1) is 6.92 Å². The normalized spacial score (nSPS) is 11.3. The highest BCUT2D eigenvalue weighted by Gasteiger charge is 2.16. The van der Waals surface area contributed by atoms with Crippen LogP contribution < -0.4 is 4.74 Å². The van der Waals surface area contributed by atoms with Gasteiger partial charge in [0.1, 0.15) is 5.75 Å². The van der Waals surface area contributed by atoms with Gasteiger partial charge in [-0.15, -0.1) is 0 Å². The van der Waals surface area contributed by atoms with E-state index < -0.39 is 0 Å². The highest BCUT2D eigenvalue weighted by Crippen LogP contribution is 2.24. The molecule has 0 fully saturated rings. The fourth-order valence-electron chi connectivity index (χ4n) is 2.82. The maximum Gasteiger partial charge on any atom is 0.260 e. The second-order valence-electron chi connectivity index (χ2n) is 8.19. The van der Waals surface area contributed by atoms with Gasteiger partial charge in [0.25, 0.3) is 5.91 Å². The Labute approximate surface area is 171 Å². The molecule has 3 rings (SSSR count). The molecular weight excluding hydrogens is 366 g/mol. The van der Waals surface area contributed by atoms with Gasteiger partial charge in [0.15, 0.2) is 6.61 Å². The summed E-state index contributed by atoms with van der Waals surface area (Å²) in [6.45, 7) is 8.65. The molecule has 3 aromatic rings. The van der Waals surface area contributed by atoms with Gasteiger partial charge < -0.3 is 14.2 Å². The molecule has 1 amide bonds. The summed E-state index contributed by atoms with van der Waals surface area (Å²) in [5, 5.41) is 4.01. The lowest BCUT2D eigenvalue weighted by molar-refractivity contribution is -0.132. The zero-order valence-electron chi connectivity index (χ0n) is 17.6. The molecule has 29 heavy (non-hydrogen) atoms. The highest BCUT2D eigenvalue weighted by molar-refractivity contribution is 5.77. The molecule has 1 heterocycles. The van der Waals surface area contributed by atoms with Crippen LogP contribution in [0.1, 0.15) is 37.8 Å². The van der Waals surface area contributed by atoms with Gasteiger partial charge in [-0.2, -0.15) is 4.98 Å². The largest absolute Gasteiger partial charge is 0.484 e. The Balaban J connectivity index is 1.54. The second-order valence-corrected chi connectivity index (χ2v) is 8.19. The molecule has 0 unspecified atom stereocenters. The highest BCUT2D eigenvalue weighted by atomic mass is 16.5. The Hall–Kier alpha value is -3.15. The third-order valence-electron chi connectivity index (χ3n) is 4.63. The first-order valence-electron chi connectivity index (χ1n) is 9.59. The van der Waals surface area contributed by atoms with E-state index in [9.17, 15) is 4.79 Å². The minimum atomic E-state index is -0.166. The molecule has 2 aromatic carbocycles. The fourth-order valence-corrected chi connectivity index (χ4v) is 2.82. The van der Waals surface area contributed by atoms with Crippen molar-refractivity contribution < 1.29 is 14.1 Å². The van der Waals surface area contributed by atoms with Crippen molar-refractivity contribution in [1.29, 1.82) is 0 Å². The second kappa shape index (κ2) is 8.47. The van der Waals surface area contributed by atoms with Crippen molar-refractivity contribution in [2.45, 2.75) is 39.7 Å². The van der Waals surface area contributed by atoms with Crippen molar-refractivity contribution in [3.63, 3.8) is 0 Å². The van der Waals surface area contributed by atoms with E-state index >= 15 is 0 Å². The molecule has 0 spiro atoms. The van der Waals surface area contributed by atoms with E-state index in [-0.39, 0.29) is 24.5 Å². The van der Waals surface area contributed by atoms with Gasteiger partial charge in [0.05, 0.1) is 6.54 Å². The number of benzene rings is 2. The topological polar surface area (TPSA) is 68.5 Å². The summed E-state index contributed by atoms with van der Waals surface area (Å²) in [7, 11) is 1.69. The Morgan fingerprint density at radius 3 is 2.52 bits per heavy atom. The van der Waals surface area contributed by atoms with E-state index in [1.807, 2.05) is 55.5 Å². The minimum Gasteiger partial charge on any atom is -0.484 e. The lowest BCUT2D eigenvalue weighted by Crippen LogP contribution is -2.31. The maximum absolute atomic E-state index is 12.4. The predicted molar refractivity (Wildman–Crippen MR) is 112 cm³/mol. The third kappa shape index (κ3) is 5.44. The number of hydrogen-bond acceptors (Lipinski definition) is 5. The number of carbonyl (C=O) groups is 1. The van der Waals surface area contributed by atoms with Crippen LogP contribution in [0.25, 0.3) is 11.4 Å². The lowest BCUT2D eigenvalue weighted by atomic mass is 9.87. The molecule has 0 saturated carbocycles. The molecule has 1 aromatic heterocycles. The number of amides is 1. The SMILES string of the molecule is Cc1cccc(-c2noc(CN(C)C(=O)COc3ccc(C(C)(C)C)cc3)n2)c1. The maximum atomic E-state index is 12.4. The molecule has 0 radical (unpaired) electrons. The number of aromatic nitrogens is 2. The minimum absolute atomic E-state index is 0.0514. The van der Waals surface area contributed by atoms with Crippen LogP contribution in [0.4, 0.5) is 0 Å². The summed E-state index contributed by atoms with van der Waals surface area (Å²) >= 11 is 0. The molecule has 0 saturated heterocycles. The lowest BCUT2D eigenvalue weighted by Gasteiger charge is -2.19. The Kier molecular flexibility index (Phi) is 6.01. The Morgan fingerprint density at radius 2 is 1.86 bits per heavy atom. The molecule has 6 heteroatoms. The van der Waals surface area contributed by atoms with E-state index in [1.54, 1.807) is 7.05 Å². The van der Waals surface area contributed by atoms with E-state index in [4.69, 9.17) is 9.26 Å². The van der Waals surface area contributed by atoms with Gasteiger partial charge in [0.2, 0.25) is 11.7 Å². The number of aryl methyl sites for hydroxylation is 1. The van der Waals surface area contributed by atoms with E-state index in [2.05, 4.69) is 30.9 Å². The van der Waals surface area contributed by atoms with E-state index in [0.717, 1.165) is 11.1 Å². The standard InChI is InChI=1S/C23H27N3O3/c1-16-7-6-8-17(13-16)22-24-20(29-25-22)14-26(5)21(27)15-28-19-11-9-18(10-12-19)23(2,3)4/h6-13H,14-15H2,1-5H3. The molecule has 0 atom stereocenters. The Bertz CT molecular complexity index is 972. The number of carbonyl (C=O) groups excluding carboxylic acids is 1. The molecule has 0 aliphatic rings. The third-order valence-corrected chi connectivity index (χ3v) is 4.63. The molecular formula is C23H27N3O3. The van der Waals surface area contributed by atoms with Crippen LogP contribution in [-0.4, -0.2) is 34.6 Å². The van der Waals surface area contributed by atoms with Crippen LogP contribution in [0.2, 0.25) is 0 Å². The van der Waals surface area contributed by atoms with Crippen LogP contribution in [0.15, 0.2) is 53.1 Å². The molecule has 0 aliphatic carbocycles. The van der Waals surface area contributed by atoms with Crippen LogP contribution in [0.5, 0.6) is 5.75 Å². The van der Waals surface area contributed by atoms with Crippen molar-refractivity contribution in [2.24, 2.45) is 0 Å². The quantitative estimate of drug-likeness (QED) is 0.622. The monoisotopic (exact) mass is 393 g/mol. The molecule has 152 valence electrons. The van der Waals surface area contributed by atoms with Crippen LogP contribution >= 0.6 is 0 Å². The molecule has 6 nitrogen and oxygen atoms in total. The summed E-state index contributed by atoms with van der Waals surface area (Å²) < 4.78 is 10.9. The van der Waals surface area contributed by atoms with Crippen molar-refractivity contribution in [3.05, 3.63) is 65.5 Å². The van der Waals surface area contributed by atoms with Crippen LogP contribution in [-0.2, 0) is 16.8 Å². The van der Waals surface area contributed by atoms with E-state index in [1.165, 1.54) is 10.5 Å².